The molecule has 13 heavy (non-hydrogen) atoms. The summed E-state index contributed by atoms with van der Waals surface area (Å²) in [6.45, 7) is 0. The Morgan fingerprint density at radius 3 is 2.77 bits per heavy atom. The van der Waals surface area contributed by atoms with Gasteiger partial charge < -0.3 is 0 Å². The van der Waals surface area contributed by atoms with E-state index in [0.29, 0.717) is 14.8 Å². The zero-order chi connectivity index (χ0) is 9.84. The summed E-state index contributed by atoms with van der Waals surface area (Å²) in [5.41, 5.74) is 0.801. The highest BCUT2D eigenvalue weighted by molar-refractivity contribution is 14.1. The first-order valence-electron chi connectivity index (χ1n) is 3.16. The topological polar surface area (TPSA) is 53.2 Å². The van der Waals surface area contributed by atoms with E-state index >= 15 is 0 Å². The van der Waals surface area contributed by atoms with Gasteiger partial charge in [0.25, 0.3) is 0 Å². The Kier molecular flexibility index (Phi) is 3.43. The molecule has 0 spiro atoms. The van der Waals surface area contributed by atoms with Crippen LogP contribution in [-0.2, 0) is 4.79 Å². The molecule has 0 saturated carbocycles. The van der Waals surface area contributed by atoms with Gasteiger partial charge in [-0.15, -0.1) is 0 Å². The number of nitriles is 1. The number of halogens is 2. The standard InChI is InChI=1S/C8H2ClIN2O/c9-6-2-8(12-4-13)7(10)1-5(6)3-11/h1-2H. The Morgan fingerprint density at radius 2 is 2.23 bits per heavy atom. The van der Waals surface area contributed by atoms with Crippen molar-refractivity contribution < 1.29 is 4.79 Å². The van der Waals surface area contributed by atoms with Crippen molar-refractivity contribution in [3.63, 3.8) is 0 Å². The lowest BCUT2D eigenvalue weighted by molar-refractivity contribution is 0.565. The summed E-state index contributed by atoms with van der Waals surface area (Å²) in [6.07, 6.45) is 1.42. The predicted octanol–water partition coefficient (Wildman–Crippen LogP) is 2.78. The third-order valence-electron chi connectivity index (χ3n) is 1.32. The van der Waals surface area contributed by atoms with Gasteiger partial charge in [-0.1, -0.05) is 11.6 Å². The molecule has 0 bridgehead atoms. The van der Waals surface area contributed by atoms with E-state index in [1.807, 2.05) is 28.7 Å². The molecule has 0 aromatic heterocycles. The largest absolute Gasteiger partial charge is 0.240 e. The van der Waals surface area contributed by atoms with Crippen LogP contribution in [0.15, 0.2) is 17.1 Å². The highest BCUT2D eigenvalue weighted by Crippen LogP contribution is 2.27. The predicted molar refractivity (Wildman–Crippen MR) is 56.7 cm³/mol. The zero-order valence-electron chi connectivity index (χ0n) is 6.21. The van der Waals surface area contributed by atoms with Crippen LogP contribution in [0.1, 0.15) is 5.56 Å². The molecule has 0 amide bonds. The number of hydrogen-bond acceptors (Lipinski definition) is 3. The van der Waals surface area contributed by atoms with Gasteiger partial charge in [0.1, 0.15) is 6.07 Å². The lowest BCUT2D eigenvalue weighted by Crippen LogP contribution is -1.80. The third-order valence-corrected chi connectivity index (χ3v) is 2.50. The summed E-state index contributed by atoms with van der Waals surface area (Å²) >= 11 is 7.69. The Balaban J connectivity index is 3.38. The van der Waals surface area contributed by atoms with E-state index in [1.54, 1.807) is 6.07 Å². The molecule has 5 heteroatoms. The quantitative estimate of drug-likeness (QED) is 0.455. The maximum Gasteiger partial charge on any atom is 0.240 e. The van der Waals surface area contributed by atoms with Gasteiger partial charge in [-0.2, -0.15) is 10.3 Å². The fourth-order valence-electron chi connectivity index (χ4n) is 0.757. The summed E-state index contributed by atoms with van der Waals surface area (Å²) in [4.78, 5) is 13.4. The number of rotatable bonds is 1. The second-order valence-electron chi connectivity index (χ2n) is 2.10. The molecule has 64 valence electrons. The summed E-state index contributed by atoms with van der Waals surface area (Å²) in [7, 11) is 0. The molecule has 1 aromatic carbocycles. The van der Waals surface area contributed by atoms with Crippen LogP contribution < -0.4 is 0 Å². The maximum absolute atomic E-state index is 9.99. The van der Waals surface area contributed by atoms with Crippen molar-refractivity contribution >= 4 is 46.0 Å². The molecule has 0 atom stereocenters. The van der Waals surface area contributed by atoms with Gasteiger partial charge >= 0.3 is 0 Å². The van der Waals surface area contributed by atoms with Gasteiger partial charge in [0.15, 0.2) is 0 Å². The molecule has 0 fully saturated rings. The summed E-state index contributed by atoms with van der Waals surface area (Å²) in [5, 5.41) is 8.91. The van der Waals surface area contributed by atoms with Crippen molar-refractivity contribution in [3.8, 4) is 6.07 Å². The van der Waals surface area contributed by atoms with Crippen LogP contribution in [0.25, 0.3) is 0 Å². The van der Waals surface area contributed by atoms with Gasteiger partial charge in [-0.25, -0.2) is 4.79 Å². The molecule has 0 aliphatic carbocycles. The van der Waals surface area contributed by atoms with Crippen LogP contribution in [0, 0.1) is 14.9 Å². The molecule has 0 radical (unpaired) electrons. The average molecular weight is 304 g/mol. The Hall–Kier alpha value is -0.890. The lowest BCUT2D eigenvalue weighted by Gasteiger charge is -1.98. The summed E-state index contributed by atoms with van der Waals surface area (Å²) in [5.74, 6) is 0. The first-order valence-corrected chi connectivity index (χ1v) is 4.61. The Bertz CT molecular complexity index is 433. The van der Waals surface area contributed by atoms with Crippen molar-refractivity contribution in [1.82, 2.24) is 0 Å². The molecule has 0 unspecified atom stereocenters. The van der Waals surface area contributed by atoms with Crippen molar-refractivity contribution in [1.29, 1.82) is 5.26 Å². The molecule has 0 aliphatic rings. The minimum Gasteiger partial charge on any atom is -0.211 e. The monoisotopic (exact) mass is 304 g/mol. The molecule has 0 aliphatic heterocycles. The third kappa shape index (κ3) is 2.28. The summed E-state index contributed by atoms with van der Waals surface area (Å²) < 4.78 is 0.696. The second-order valence-corrected chi connectivity index (χ2v) is 3.67. The molecule has 0 N–H and O–H groups in total. The van der Waals surface area contributed by atoms with Gasteiger partial charge in [-0.3, -0.25) is 0 Å². The van der Waals surface area contributed by atoms with E-state index in [0.717, 1.165) is 0 Å². The number of aliphatic imine (C=N–C) groups is 1. The van der Waals surface area contributed by atoms with Gasteiger partial charge in [0.05, 0.1) is 16.3 Å². The van der Waals surface area contributed by atoms with Crippen LogP contribution >= 0.6 is 34.2 Å². The summed E-state index contributed by atoms with van der Waals surface area (Å²) in [6, 6.07) is 4.96. The SMILES string of the molecule is N#Cc1cc(I)c(N=C=O)cc1Cl. The minimum absolute atomic E-state index is 0.289. The van der Waals surface area contributed by atoms with E-state index < -0.39 is 0 Å². The Morgan fingerprint density at radius 1 is 1.54 bits per heavy atom. The van der Waals surface area contributed by atoms with E-state index in [4.69, 9.17) is 16.9 Å². The van der Waals surface area contributed by atoms with Crippen LogP contribution in [-0.4, -0.2) is 6.08 Å². The number of benzene rings is 1. The normalized spacial score (nSPS) is 8.69. The Labute approximate surface area is 93.2 Å². The van der Waals surface area contributed by atoms with Crippen LogP contribution in [0.2, 0.25) is 5.02 Å². The molecular formula is C8H2ClIN2O. The van der Waals surface area contributed by atoms with E-state index in [-0.39, 0.29) is 5.02 Å². The maximum atomic E-state index is 9.99. The van der Waals surface area contributed by atoms with Crippen molar-refractivity contribution in [2.45, 2.75) is 0 Å². The van der Waals surface area contributed by atoms with Crippen LogP contribution in [0.5, 0.6) is 0 Å². The van der Waals surface area contributed by atoms with E-state index in [2.05, 4.69) is 4.99 Å². The molecule has 1 aromatic rings. The van der Waals surface area contributed by atoms with E-state index in [9.17, 15) is 4.79 Å². The fraction of sp³-hybridized carbons (Fsp3) is 0. The first kappa shape index (κ1) is 10.2. The molecule has 0 saturated heterocycles. The fourth-order valence-corrected chi connectivity index (χ4v) is 1.54. The van der Waals surface area contributed by atoms with E-state index in [1.165, 1.54) is 12.1 Å². The molecule has 3 nitrogen and oxygen atoms in total. The van der Waals surface area contributed by atoms with Crippen LogP contribution in [0.3, 0.4) is 0 Å². The molecule has 0 heterocycles. The minimum atomic E-state index is 0.289. The molecule has 1 rings (SSSR count). The molecular weight excluding hydrogens is 302 g/mol. The van der Waals surface area contributed by atoms with Crippen molar-refractivity contribution in [2.75, 3.05) is 0 Å². The highest BCUT2D eigenvalue weighted by atomic mass is 127. The number of isocyanates is 1. The number of nitrogens with zero attached hydrogens (tertiary/aromatic N) is 2. The number of carbonyl (C=O) groups excluding carboxylic acids is 1. The van der Waals surface area contributed by atoms with Crippen molar-refractivity contribution in [3.05, 3.63) is 26.3 Å². The van der Waals surface area contributed by atoms with Crippen molar-refractivity contribution in [2.24, 2.45) is 4.99 Å². The van der Waals surface area contributed by atoms with Gasteiger partial charge in [-0.05, 0) is 34.7 Å². The zero-order valence-corrected chi connectivity index (χ0v) is 9.13. The first-order chi connectivity index (χ1) is 6.19. The van der Waals surface area contributed by atoms with Gasteiger partial charge in [0, 0.05) is 3.57 Å². The lowest BCUT2D eigenvalue weighted by atomic mass is 10.2. The highest BCUT2D eigenvalue weighted by Gasteiger charge is 2.05. The number of hydrogen-bond donors (Lipinski definition) is 0. The second kappa shape index (κ2) is 4.38. The smallest absolute Gasteiger partial charge is 0.211 e. The van der Waals surface area contributed by atoms with Gasteiger partial charge in [0.2, 0.25) is 6.08 Å². The average Bonchev–Trinajstić information content (AvgIpc) is 2.11. The van der Waals surface area contributed by atoms with Crippen LogP contribution in [0.4, 0.5) is 5.69 Å².